The molecule has 2 heterocycles. The Morgan fingerprint density at radius 3 is 2.88 bits per heavy atom. The van der Waals surface area contributed by atoms with Gasteiger partial charge in [-0.2, -0.15) is 4.98 Å². The van der Waals surface area contributed by atoms with E-state index in [1.54, 1.807) is 17.7 Å². The third kappa shape index (κ3) is 3.49. The molecule has 0 aliphatic rings. The molecular formula is C16H18N4O3S. The molecule has 0 aliphatic carbocycles. The molecular weight excluding hydrogens is 328 g/mol. The van der Waals surface area contributed by atoms with E-state index in [2.05, 4.69) is 15.1 Å². The van der Waals surface area contributed by atoms with Gasteiger partial charge < -0.3 is 9.26 Å². The average molecular weight is 346 g/mol. The van der Waals surface area contributed by atoms with Crippen LogP contribution in [0.15, 0.2) is 38.7 Å². The number of aryl methyl sites for hydroxylation is 1. The monoisotopic (exact) mass is 346 g/mol. The molecule has 0 amide bonds. The lowest BCUT2D eigenvalue weighted by atomic mass is 10.2. The van der Waals surface area contributed by atoms with Crippen molar-refractivity contribution in [3.8, 4) is 0 Å². The third-order valence-corrected chi connectivity index (χ3v) is 4.46. The van der Waals surface area contributed by atoms with E-state index in [9.17, 15) is 4.79 Å². The number of rotatable bonds is 7. The summed E-state index contributed by atoms with van der Waals surface area (Å²) in [4.78, 5) is 21.6. The molecule has 8 heteroatoms. The number of methoxy groups -OCH3 is 1. The Kier molecular flexibility index (Phi) is 5.27. The van der Waals surface area contributed by atoms with Crippen molar-refractivity contribution in [3.63, 3.8) is 0 Å². The minimum atomic E-state index is -0.0695. The van der Waals surface area contributed by atoms with E-state index < -0.39 is 0 Å². The molecule has 0 atom stereocenters. The third-order valence-electron chi connectivity index (χ3n) is 3.50. The summed E-state index contributed by atoms with van der Waals surface area (Å²) in [5.41, 5.74) is 0.610. The van der Waals surface area contributed by atoms with Crippen molar-refractivity contribution in [2.45, 2.75) is 30.8 Å². The Hall–Kier alpha value is -2.19. The first kappa shape index (κ1) is 16.7. The van der Waals surface area contributed by atoms with Crippen LogP contribution in [0.3, 0.4) is 0 Å². The van der Waals surface area contributed by atoms with Gasteiger partial charge in [0, 0.05) is 13.5 Å². The maximum atomic E-state index is 12.7. The maximum Gasteiger partial charge on any atom is 0.262 e. The number of para-hydroxylation sites is 1. The van der Waals surface area contributed by atoms with Crippen molar-refractivity contribution in [1.29, 1.82) is 0 Å². The van der Waals surface area contributed by atoms with Gasteiger partial charge in [0.2, 0.25) is 5.89 Å². The zero-order chi connectivity index (χ0) is 16.9. The van der Waals surface area contributed by atoms with Crippen LogP contribution in [0.4, 0.5) is 0 Å². The van der Waals surface area contributed by atoms with Gasteiger partial charge >= 0.3 is 0 Å². The second-order valence-electron chi connectivity index (χ2n) is 5.11. The molecule has 126 valence electrons. The summed E-state index contributed by atoms with van der Waals surface area (Å²) in [5, 5.41) is 5.10. The summed E-state index contributed by atoms with van der Waals surface area (Å²) >= 11 is 1.40. The average Bonchev–Trinajstić information content (AvgIpc) is 3.07. The number of benzene rings is 1. The van der Waals surface area contributed by atoms with Crippen LogP contribution >= 0.6 is 11.8 Å². The van der Waals surface area contributed by atoms with Crippen molar-refractivity contribution < 1.29 is 9.26 Å². The van der Waals surface area contributed by atoms with Crippen molar-refractivity contribution in [3.05, 3.63) is 46.3 Å². The molecule has 0 fully saturated rings. The van der Waals surface area contributed by atoms with Crippen LogP contribution in [0.5, 0.6) is 0 Å². The van der Waals surface area contributed by atoms with E-state index in [0.717, 1.165) is 6.42 Å². The molecule has 24 heavy (non-hydrogen) atoms. The highest BCUT2D eigenvalue weighted by atomic mass is 32.2. The zero-order valence-electron chi connectivity index (χ0n) is 13.6. The SMILES string of the molecule is CCc1noc(CSc2nc3ccccc3c(=O)n2CCOC)n1. The second-order valence-corrected chi connectivity index (χ2v) is 6.05. The lowest BCUT2D eigenvalue weighted by Crippen LogP contribution is -2.25. The van der Waals surface area contributed by atoms with Crippen molar-refractivity contribution in [1.82, 2.24) is 19.7 Å². The molecule has 0 bridgehead atoms. The topological polar surface area (TPSA) is 83.0 Å². The van der Waals surface area contributed by atoms with E-state index >= 15 is 0 Å². The van der Waals surface area contributed by atoms with Gasteiger partial charge in [-0.05, 0) is 12.1 Å². The quantitative estimate of drug-likeness (QED) is 0.479. The molecule has 0 saturated carbocycles. The van der Waals surface area contributed by atoms with Gasteiger partial charge in [-0.25, -0.2) is 4.98 Å². The van der Waals surface area contributed by atoms with Gasteiger partial charge in [0.05, 0.1) is 29.8 Å². The Balaban J connectivity index is 1.93. The standard InChI is InChI=1S/C16H18N4O3S/c1-3-13-18-14(23-19-13)10-24-16-17-12-7-5-4-6-11(12)15(21)20(16)8-9-22-2/h4-7H,3,8-10H2,1-2H3. The fourth-order valence-corrected chi connectivity index (χ4v) is 3.12. The molecule has 0 unspecified atom stereocenters. The number of hydrogen-bond acceptors (Lipinski definition) is 7. The Bertz CT molecular complexity index is 890. The number of hydrogen-bond donors (Lipinski definition) is 0. The molecule has 0 aliphatic heterocycles. The number of thioether (sulfide) groups is 1. The fraction of sp³-hybridized carbons (Fsp3) is 0.375. The molecule has 3 rings (SSSR count). The largest absolute Gasteiger partial charge is 0.383 e. The molecule has 0 spiro atoms. The summed E-state index contributed by atoms with van der Waals surface area (Å²) in [6.07, 6.45) is 0.723. The maximum absolute atomic E-state index is 12.7. The minimum Gasteiger partial charge on any atom is -0.383 e. The van der Waals surface area contributed by atoms with Crippen molar-refractivity contribution in [2.24, 2.45) is 0 Å². The molecule has 7 nitrogen and oxygen atoms in total. The second kappa shape index (κ2) is 7.59. The van der Waals surface area contributed by atoms with Crippen LogP contribution in [-0.2, 0) is 23.5 Å². The molecule has 3 aromatic rings. The van der Waals surface area contributed by atoms with E-state index in [0.29, 0.717) is 46.7 Å². The molecule has 2 aromatic heterocycles. The van der Waals surface area contributed by atoms with Gasteiger partial charge in [-0.3, -0.25) is 9.36 Å². The first-order valence-electron chi connectivity index (χ1n) is 7.65. The van der Waals surface area contributed by atoms with Crippen LogP contribution < -0.4 is 5.56 Å². The lowest BCUT2D eigenvalue weighted by Gasteiger charge is -2.11. The van der Waals surface area contributed by atoms with Crippen LogP contribution in [0.1, 0.15) is 18.6 Å². The smallest absolute Gasteiger partial charge is 0.262 e. The Morgan fingerprint density at radius 1 is 1.29 bits per heavy atom. The highest BCUT2D eigenvalue weighted by Crippen LogP contribution is 2.21. The lowest BCUT2D eigenvalue weighted by molar-refractivity contribution is 0.183. The highest BCUT2D eigenvalue weighted by Gasteiger charge is 2.13. The summed E-state index contributed by atoms with van der Waals surface area (Å²) < 4.78 is 11.9. The first-order valence-corrected chi connectivity index (χ1v) is 8.64. The van der Waals surface area contributed by atoms with E-state index in [1.807, 2.05) is 25.1 Å². The van der Waals surface area contributed by atoms with Gasteiger partial charge in [-0.1, -0.05) is 36.0 Å². The fourth-order valence-electron chi connectivity index (χ4n) is 2.26. The number of aromatic nitrogens is 4. The van der Waals surface area contributed by atoms with Crippen LogP contribution in [0.2, 0.25) is 0 Å². The van der Waals surface area contributed by atoms with Gasteiger partial charge in [0.1, 0.15) is 0 Å². The van der Waals surface area contributed by atoms with Gasteiger partial charge in [-0.15, -0.1) is 0 Å². The van der Waals surface area contributed by atoms with Crippen molar-refractivity contribution >= 4 is 22.7 Å². The Labute approximate surface area is 143 Å². The highest BCUT2D eigenvalue weighted by molar-refractivity contribution is 7.98. The van der Waals surface area contributed by atoms with E-state index in [-0.39, 0.29) is 5.56 Å². The van der Waals surface area contributed by atoms with Gasteiger partial charge in [0.15, 0.2) is 11.0 Å². The van der Waals surface area contributed by atoms with E-state index in [1.165, 1.54) is 11.8 Å². The van der Waals surface area contributed by atoms with Crippen LogP contribution in [0, 0.1) is 0 Å². The summed E-state index contributed by atoms with van der Waals surface area (Å²) in [6.45, 7) is 2.85. The Morgan fingerprint density at radius 2 is 2.12 bits per heavy atom. The predicted octanol–water partition coefficient (Wildman–Crippen LogP) is 2.28. The summed E-state index contributed by atoms with van der Waals surface area (Å²) in [5.74, 6) is 1.66. The summed E-state index contributed by atoms with van der Waals surface area (Å²) in [7, 11) is 1.61. The van der Waals surface area contributed by atoms with Crippen LogP contribution in [0.25, 0.3) is 10.9 Å². The summed E-state index contributed by atoms with van der Waals surface area (Å²) in [6, 6.07) is 7.33. The number of ether oxygens (including phenoxy) is 1. The van der Waals surface area contributed by atoms with Crippen LogP contribution in [-0.4, -0.2) is 33.4 Å². The number of fused-ring (bicyclic) bond motifs is 1. The molecule has 0 N–H and O–H groups in total. The molecule has 0 radical (unpaired) electrons. The minimum absolute atomic E-state index is 0.0695. The van der Waals surface area contributed by atoms with Gasteiger partial charge in [0.25, 0.3) is 5.56 Å². The first-order chi connectivity index (χ1) is 11.7. The number of nitrogens with zero attached hydrogens (tertiary/aromatic N) is 4. The van der Waals surface area contributed by atoms with Crippen molar-refractivity contribution in [2.75, 3.05) is 13.7 Å². The normalized spacial score (nSPS) is 11.2. The van der Waals surface area contributed by atoms with E-state index in [4.69, 9.17) is 9.26 Å². The predicted molar refractivity (Wildman–Crippen MR) is 91.1 cm³/mol. The molecule has 1 aromatic carbocycles. The zero-order valence-corrected chi connectivity index (χ0v) is 14.4. The molecule has 0 saturated heterocycles.